The fraction of sp³-hybridized carbons (Fsp3) is 0.550. The van der Waals surface area contributed by atoms with Crippen LogP contribution in [0.2, 0.25) is 0 Å². The Morgan fingerprint density at radius 1 is 1.02 bits per heavy atom. The highest BCUT2D eigenvalue weighted by Gasteiger charge is 2.23. The number of amides is 2. The van der Waals surface area contributed by atoms with E-state index in [1.807, 2.05) is 4.72 Å². The lowest BCUT2D eigenvalue weighted by molar-refractivity contribution is -0.140. The van der Waals surface area contributed by atoms with Gasteiger partial charge in [-0.1, -0.05) is 0 Å². The molecule has 1 atom stereocenters. The molecule has 3 aromatic rings. The number of nitrogens with two attached hydrogens (primary N) is 1. The fourth-order valence-electron chi connectivity index (χ4n) is 3.86. The van der Waals surface area contributed by atoms with Gasteiger partial charge in [0.15, 0.2) is 17.4 Å². The van der Waals surface area contributed by atoms with Crippen LogP contribution in [0.1, 0.15) is 38.5 Å². The number of nitrogens with one attached hydrogen (secondary N) is 5. The number of carboxylic acid groups (broad SMARTS) is 1. The molecule has 21 nitrogen and oxygen atoms in total. The van der Waals surface area contributed by atoms with Crippen molar-refractivity contribution in [1.29, 1.82) is 0 Å². The molecule has 0 aliphatic carbocycles. The number of aliphatic carboxylic acids is 1. The summed E-state index contributed by atoms with van der Waals surface area (Å²) in [5.41, 5.74) is 5.85. The zero-order valence-corrected chi connectivity index (χ0v) is 23.0. The number of ketones is 1. The van der Waals surface area contributed by atoms with E-state index in [2.05, 4.69) is 56.9 Å². The van der Waals surface area contributed by atoms with Gasteiger partial charge in [-0.3, -0.25) is 29.2 Å². The summed E-state index contributed by atoms with van der Waals surface area (Å²) >= 11 is 0. The number of imidazole rings is 1. The minimum Gasteiger partial charge on any atom is -0.481 e. The van der Waals surface area contributed by atoms with Crippen LogP contribution in [0.5, 0.6) is 0 Å². The maximum Gasteiger partial charge on any atom is 0.310 e. The monoisotopic (exact) mass is 610 g/mol. The van der Waals surface area contributed by atoms with Crippen LogP contribution in [-0.2, 0) is 35.7 Å². The van der Waals surface area contributed by atoms with E-state index >= 15 is 0 Å². The number of carbonyl (C=O) groups excluding carboxylic acids is 3. The Morgan fingerprint density at radius 2 is 1.74 bits per heavy atom. The predicted octanol–water partition coefficient (Wildman–Crippen LogP) is -3.33. The molecule has 0 bridgehead atoms. The quantitative estimate of drug-likeness (QED) is 0.0396. The van der Waals surface area contributed by atoms with Crippen molar-refractivity contribution in [2.75, 3.05) is 19.0 Å². The second-order valence-electron chi connectivity index (χ2n) is 8.86. The lowest BCUT2D eigenvalue weighted by atomic mass is 10.0. The molecule has 228 valence electrons. The molecular formula is C20H30N14O7S. The molecule has 3 heterocycles. The van der Waals surface area contributed by atoms with E-state index in [9.17, 15) is 27.6 Å². The van der Waals surface area contributed by atoms with Crippen molar-refractivity contribution in [2.45, 2.75) is 51.1 Å². The highest BCUT2D eigenvalue weighted by Crippen LogP contribution is 2.25. The zero-order valence-electron chi connectivity index (χ0n) is 22.2. The number of sulfonamides is 1. The van der Waals surface area contributed by atoms with Gasteiger partial charge in [0.05, 0.1) is 18.1 Å². The third-order valence-corrected chi connectivity index (χ3v) is 7.06. The molecule has 0 fully saturated rings. The molecule has 42 heavy (non-hydrogen) atoms. The minimum atomic E-state index is -4.05. The van der Waals surface area contributed by atoms with Gasteiger partial charge in [-0.05, 0) is 46.5 Å². The van der Waals surface area contributed by atoms with Crippen molar-refractivity contribution in [3.8, 4) is 23.0 Å². The average Bonchev–Trinajstić information content (AvgIpc) is 3.68. The molecule has 0 radical (unpaired) electrons. The SMILES string of the molecule is NCN[C@@H](CCCCNC(=O)CCCS(=O)(=O)NC(=O)Cn1cnc(-c2nnn[nH]2)c1-c1nnn[nH]1)C(=O)CC(=O)O. The number of carbonyl (C=O) groups is 4. The number of carboxylic acids is 1. The van der Waals surface area contributed by atoms with Gasteiger partial charge >= 0.3 is 5.97 Å². The summed E-state index contributed by atoms with van der Waals surface area (Å²) in [5, 5.41) is 40.8. The summed E-state index contributed by atoms with van der Waals surface area (Å²) in [6.45, 7) is -0.150. The topological polar surface area (TPSA) is 311 Å². The van der Waals surface area contributed by atoms with Crippen molar-refractivity contribution in [2.24, 2.45) is 5.73 Å². The summed E-state index contributed by atoms with van der Waals surface area (Å²) in [7, 11) is -4.05. The maximum absolute atomic E-state index is 12.5. The van der Waals surface area contributed by atoms with Crippen LogP contribution in [0, 0.1) is 0 Å². The van der Waals surface area contributed by atoms with E-state index in [0.29, 0.717) is 19.3 Å². The smallest absolute Gasteiger partial charge is 0.310 e. The van der Waals surface area contributed by atoms with Crippen molar-refractivity contribution < 1.29 is 32.7 Å². The third kappa shape index (κ3) is 9.74. The molecule has 0 spiro atoms. The minimum absolute atomic E-state index is 0.0175. The maximum atomic E-state index is 12.5. The van der Waals surface area contributed by atoms with Gasteiger partial charge < -0.3 is 20.7 Å². The number of H-pyrrole nitrogens is 2. The molecule has 3 aromatic heterocycles. The molecule has 0 saturated heterocycles. The van der Waals surface area contributed by atoms with Gasteiger partial charge in [-0.25, -0.2) is 23.6 Å². The van der Waals surface area contributed by atoms with Crippen LogP contribution < -0.4 is 21.1 Å². The Labute approximate surface area is 237 Å². The van der Waals surface area contributed by atoms with Gasteiger partial charge in [0.1, 0.15) is 24.4 Å². The molecule has 3 rings (SSSR count). The van der Waals surface area contributed by atoms with Crippen LogP contribution >= 0.6 is 0 Å². The van der Waals surface area contributed by atoms with Gasteiger partial charge in [-0.15, -0.1) is 10.2 Å². The van der Waals surface area contributed by atoms with Crippen molar-refractivity contribution in [3.05, 3.63) is 6.33 Å². The Hall–Kier alpha value is -4.70. The van der Waals surface area contributed by atoms with Crippen LogP contribution in [0.15, 0.2) is 6.33 Å². The summed E-state index contributed by atoms with van der Waals surface area (Å²) in [6.07, 6.45) is 1.92. The standard InChI is InChI=1S/C20H30N14O7S/c21-10-23-12(13(35)8-16(38)39)4-1-2-6-22-14(36)5-3-7-42(40,41)29-15(37)9-34-11-24-17(19-25-30-31-26-19)18(34)20-27-32-33-28-20/h11-12,23H,1-10,21H2,(H,22,36)(H,29,37)(H,38,39)(H,25,26,30,31)(H,27,28,32,33)/t12-/m0/s1. The molecule has 0 aliphatic rings. The Kier molecular flexibility index (Phi) is 11.6. The van der Waals surface area contributed by atoms with Crippen LogP contribution in [0.3, 0.4) is 0 Å². The first-order valence-electron chi connectivity index (χ1n) is 12.6. The van der Waals surface area contributed by atoms with Gasteiger partial charge in [-0.2, -0.15) is 0 Å². The van der Waals surface area contributed by atoms with Gasteiger partial charge in [0.2, 0.25) is 15.9 Å². The summed E-state index contributed by atoms with van der Waals surface area (Å²) < 4.78 is 28.1. The fourth-order valence-corrected chi connectivity index (χ4v) is 4.90. The molecule has 2 amide bonds. The molecule has 0 aromatic carbocycles. The third-order valence-electron chi connectivity index (χ3n) is 5.70. The number of nitrogens with zero attached hydrogens (tertiary/aromatic N) is 8. The van der Waals surface area contributed by atoms with Crippen LogP contribution in [-0.4, -0.2) is 113 Å². The predicted molar refractivity (Wildman–Crippen MR) is 140 cm³/mol. The van der Waals surface area contributed by atoms with Crippen LogP contribution in [0.4, 0.5) is 0 Å². The van der Waals surface area contributed by atoms with Gasteiger partial charge in [0.25, 0.3) is 5.91 Å². The normalized spacial score (nSPS) is 12.1. The number of aromatic amines is 2. The summed E-state index contributed by atoms with van der Waals surface area (Å²) in [4.78, 5) is 51.4. The van der Waals surface area contributed by atoms with Crippen molar-refractivity contribution >= 4 is 33.6 Å². The van der Waals surface area contributed by atoms with E-state index in [-0.39, 0.29) is 55.0 Å². The number of rotatable bonds is 19. The summed E-state index contributed by atoms with van der Waals surface area (Å²) in [5.74, 6) is -3.10. The van der Waals surface area contributed by atoms with Crippen LogP contribution in [0.25, 0.3) is 23.0 Å². The van der Waals surface area contributed by atoms with E-state index < -0.39 is 52.4 Å². The van der Waals surface area contributed by atoms with Crippen molar-refractivity contribution in [1.82, 2.24) is 66.2 Å². The lowest BCUT2D eigenvalue weighted by Crippen LogP contribution is -2.40. The first-order chi connectivity index (χ1) is 20.1. The van der Waals surface area contributed by atoms with Crippen molar-refractivity contribution in [3.63, 3.8) is 0 Å². The molecule has 8 N–H and O–H groups in total. The highest BCUT2D eigenvalue weighted by molar-refractivity contribution is 7.90. The Morgan fingerprint density at radius 3 is 2.38 bits per heavy atom. The number of hydrogen-bond donors (Lipinski definition) is 7. The van der Waals surface area contributed by atoms with E-state index in [4.69, 9.17) is 10.8 Å². The first-order valence-corrected chi connectivity index (χ1v) is 14.3. The number of Topliss-reactive ketones (excluding diaryl/α,β-unsaturated/α-hetero) is 1. The highest BCUT2D eigenvalue weighted by atomic mass is 32.2. The lowest BCUT2D eigenvalue weighted by Gasteiger charge is -2.15. The molecular weight excluding hydrogens is 580 g/mol. The Bertz CT molecular complexity index is 1440. The van der Waals surface area contributed by atoms with E-state index in [1.54, 1.807) is 0 Å². The largest absolute Gasteiger partial charge is 0.481 e. The van der Waals surface area contributed by atoms with E-state index in [1.165, 1.54) is 10.9 Å². The average molecular weight is 611 g/mol. The number of hydrogen-bond acceptors (Lipinski definition) is 15. The molecule has 0 saturated carbocycles. The number of tetrazole rings is 2. The number of unbranched alkanes of at least 4 members (excludes halogenated alkanes) is 1. The second kappa shape index (κ2) is 15.3. The zero-order chi connectivity index (χ0) is 30.5. The Balaban J connectivity index is 1.40. The van der Waals surface area contributed by atoms with E-state index in [0.717, 1.165) is 0 Å². The molecule has 0 unspecified atom stereocenters. The summed E-state index contributed by atoms with van der Waals surface area (Å²) in [6, 6.07) is -0.686. The second-order valence-corrected chi connectivity index (χ2v) is 10.7. The molecule has 0 aliphatic heterocycles. The molecule has 22 heteroatoms. The van der Waals surface area contributed by atoms with Gasteiger partial charge in [0, 0.05) is 19.6 Å². The number of aromatic nitrogens is 10. The first kappa shape index (κ1) is 31.8.